The fraction of sp³-hybridized carbons (Fsp3) is 0.348. The Morgan fingerprint density at radius 3 is 2.21 bits per heavy atom. The monoisotopic (exact) mass is 388 g/mol. The molecular formula is C23H24N4O2. The number of amides is 2. The molecule has 1 saturated heterocycles. The van der Waals surface area contributed by atoms with E-state index in [9.17, 15) is 9.59 Å². The van der Waals surface area contributed by atoms with Gasteiger partial charge < -0.3 is 15.5 Å². The maximum Gasteiger partial charge on any atom is 0.228 e. The Balaban J connectivity index is 1.29. The average molecular weight is 388 g/mol. The van der Waals surface area contributed by atoms with Crippen molar-refractivity contribution in [1.29, 1.82) is 5.26 Å². The fourth-order valence-corrected chi connectivity index (χ4v) is 3.82. The van der Waals surface area contributed by atoms with E-state index in [4.69, 9.17) is 5.26 Å². The van der Waals surface area contributed by atoms with E-state index in [1.165, 1.54) is 24.9 Å². The van der Waals surface area contributed by atoms with Crippen LogP contribution in [0.1, 0.15) is 31.2 Å². The third-order valence-corrected chi connectivity index (χ3v) is 5.58. The third-order valence-electron chi connectivity index (χ3n) is 5.58. The highest BCUT2D eigenvalue weighted by Gasteiger charge is 2.48. The number of nitrogens with one attached hydrogen (secondary N) is 2. The second-order valence-electron chi connectivity index (χ2n) is 7.71. The van der Waals surface area contributed by atoms with Gasteiger partial charge in [0, 0.05) is 30.2 Å². The molecule has 0 spiro atoms. The number of nitrogens with zero attached hydrogens (tertiary/aromatic N) is 2. The highest BCUT2D eigenvalue weighted by molar-refractivity contribution is 6.03. The highest BCUT2D eigenvalue weighted by atomic mass is 16.2. The number of carbonyl (C=O) groups excluding carboxylic acids is 2. The minimum atomic E-state index is -0.326. The predicted octanol–water partition coefficient (Wildman–Crippen LogP) is 3.76. The van der Waals surface area contributed by atoms with Crippen LogP contribution in [0.15, 0.2) is 48.5 Å². The summed E-state index contributed by atoms with van der Waals surface area (Å²) in [6.45, 7) is 2.17. The lowest BCUT2D eigenvalue weighted by molar-refractivity contribution is -0.122. The van der Waals surface area contributed by atoms with Gasteiger partial charge in [-0.3, -0.25) is 9.59 Å². The van der Waals surface area contributed by atoms with Gasteiger partial charge >= 0.3 is 0 Å². The summed E-state index contributed by atoms with van der Waals surface area (Å²) in [5.74, 6) is -0.938. The summed E-state index contributed by atoms with van der Waals surface area (Å²) < 4.78 is 0. The van der Waals surface area contributed by atoms with Crippen molar-refractivity contribution in [2.24, 2.45) is 11.8 Å². The molecule has 2 unspecified atom stereocenters. The van der Waals surface area contributed by atoms with E-state index in [2.05, 4.69) is 15.5 Å². The number of nitriles is 1. The molecule has 2 N–H and O–H groups in total. The predicted molar refractivity (Wildman–Crippen MR) is 113 cm³/mol. The van der Waals surface area contributed by atoms with E-state index >= 15 is 0 Å². The van der Waals surface area contributed by atoms with Gasteiger partial charge in [-0.05, 0) is 68.1 Å². The van der Waals surface area contributed by atoms with Crippen molar-refractivity contribution in [2.45, 2.75) is 25.7 Å². The van der Waals surface area contributed by atoms with E-state index in [1.807, 2.05) is 30.3 Å². The molecule has 2 aromatic carbocycles. The smallest absolute Gasteiger partial charge is 0.228 e. The van der Waals surface area contributed by atoms with Crippen molar-refractivity contribution in [3.05, 3.63) is 54.1 Å². The Hall–Kier alpha value is -3.33. The summed E-state index contributed by atoms with van der Waals surface area (Å²) in [5, 5.41) is 14.7. The molecule has 2 amide bonds. The molecule has 0 radical (unpaired) electrons. The largest absolute Gasteiger partial charge is 0.372 e. The molecule has 6 nitrogen and oxygen atoms in total. The highest BCUT2D eigenvalue weighted by Crippen LogP contribution is 2.40. The topological polar surface area (TPSA) is 85.2 Å². The number of anilines is 3. The lowest BCUT2D eigenvalue weighted by atomic mass is 10.1. The molecule has 6 heteroatoms. The Morgan fingerprint density at radius 2 is 1.55 bits per heavy atom. The molecule has 1 heterocycles. The molecule has 0 bridgehead atoms. The van der Waals surface area contributed by atoms with Gasteiger partial charge in [0.15, 0.2) is 0 Å². The first-order chi connectivity index (χ1) is 14.1. The van der Waals surface area contributed by atoms with Gasteiger partial charge in [-0.15, -0.1) is 0 Å². The Morgan fingerprint density at radius 1 is 0.897 bits per heavy atom. The third kappa shape index (κ3) is 4.57. The van der Waals surface area contributed by atoms with Gasteiger partial charge in [0.25, 0.3) is 0 Å². The van der Waals surface area contributed by atoms with Crippen molar-refractivity contribution >= 4 is 28.9 Å². The van der Waals surface area contributed by atoms with Crippen molar-refractivity contribution < 1.29 is 9.59 Å². The molecule has 1 aliphatic carbocycles. The van der Waals surface area contributed by atoms with Crippen LogP contribution >= 0.6 is 0 Å². The maximum atomic E-state index is 12.5. The van der Waals surface area contributed by atoms with E-state index in [-0.39, 0.29) is 23.7 Å². The lowest BCUT2D eigenvalue weighted by Gasteiger charge is -2.28. The SMILES string of the molecule is N#Cc1cccc(NC(=O)C2CC2C(=O)Nc2ccc(N3CCCCC3)cc2)c1. The van der Waals surface area contributed by atoms with Crippen LogP contribution in [-0.2, 0) is 9.59 Å². The van der Waals surface area contributed by atoms with E-state index in [1.54, 1.807) is 24.3 Å². The average Bonchev–Trinajstić information content (AvgIpc) is 3.56. The summed E-state index contributed by atoms with van der Waals surface area (Å²) >= 11 is 0. The fourth-order valence-electron chi connectivity index (χ4n) is 3.82. The van der Waals surface area contributed by atoms with Crippen LogP contribution in [0, 0.1) is 23.2 Å². The zero-order valence-corrected chi connectivity index (χ0v) is 16.2. The van der Waals surface area contributed by atoms with Crippen LogP contribution in [0.5, 0.6) is 0 Å². The summed E-state index contributed by atoms with van der Waals surface area (Å²) in [6, 6.07) is 16.7. The molecule has 2 atom stereocenters. The molecule has 148 valence electrons. The van der Waals surface area contributed by atoms with Crippen LogP contribution < -0.4 is 15.5 Å². The van der Waals surface area contributed by atoms with Gasteiger partial charge in [0.1, 0.15) is 0 Å². The van der Waals surface area contributed by atoms with Crippen molar-refractivity contribution in [1.82, 2.24) is 0 Å². The first-order valence-electron chi connectivity index (χ1n) is 10.1. The molecule has 2 aliphatic rings. The molecule has 1 saturated carbocycles. The molecule has 2 fully saturated rings. The standard InChI is InChI=1S/C23H24N4O2/c24-15-16-5-4-6-18(13-16)26-23(29)21-14-20(21)22(28)25-17-7-9-19(10-8-17)27-11-2-1-3-12-27/h4-10,13,20-21H,1-3,11-12,14H2,(H,25,28)(H,26,29). The van der Waals surface area contributed by atoms with Crippen LogP contribution in [0.25, 0.3) is 0 Å². The summed E-state index contributed by atoms with van der Waals surface area (Å²) in [4.78, 5) is 27.2. The first-order valence-corrected chi connectivity index (χ1v) is 10.1. The van der Waals surface area contributed by atoms with Gasteiger partial charge in [0.05, 0.1) is 23.5 Å². The van der Waals surface area contributed by atoms with Crippen LogP contribution in [0.3, 0.4) is 0 Å². The number of piperidine rings is 1. The molecule has 0 aromatic heterocycles. The van der Waals surface area contributed by atoms with E-state index < -0.39 is 0 Å². The lowest BCUT2D eigenvalue weighted by Crippen LogP contribution is -2.29. The molecular weight excluding hydrogens is 364 g/mol. The molecule has 4 rings (SSSR count). The minimum Gasteiger partial charge on any atom is -0.372 e. The molecule has 2 aromatic rings. The number of carbonyl (C=O) groups is 2. The van der Waals surface area contributed by atoms with Gasteiger partial charge in [-0.1, -0.05) is 6.07 Å². The van der Waals surface area contributed by atoms with Gasteiger partial charge in [-0.25, -0.2) is 0 Å². The van der Waals surface area contributed by atoms with Crippen LogP contribution in [-0.4, -0.2) is 24.9 Å². The van der Waals surface area contributed by atoms with Crippen molar-refractivity contribution in [3.63, 3.8) is 0 Å². The number of hydrogen-bond donors (Lipinski definition) is 2. The second kappa shape index (κ2) is 8.36. The van der Waals surface area contributed by atoms with Gasteiger partial charge in [-0.2, -0.15) is 5.26 Å². The summed E-state index contributed by atoms with van der Waals surface area (Å²) in [6.07, 6.45) is 4.29. The van der Waals surface area contributed by atoms with Gasteiger partial charge in [0.2, 0.25) is 11.8 Å². The zero-order valence-electron chi connectivity index (χ0n) is 16.2. The second-order valence-corrected chi connectivity index (χ2v) is 7.71. The summed E-state index contributed by atoms with van der Waals surface area (Å²) in [7, 11) is 0. The van der Waals surface area contributed by atoms with E-state index in [0.717, 1.165) is 18.8 Å². The Kier molecular flexibility index (Phi) is 5.48. The van der Waals surface area contributed by atoms with E-state index in [0.29, 0.717) is 17.7 Å². The number of benzene rings is 2. The van der Waals surface area contributed by atoms with Crippen LogP contribution in [0.2, 0.25) is 0 Å². The zero-order chi connectivity index (χ0) is 20.2. The number of hydrogen-bond acceptors (Lipinski definition) is 4. The maximum absolute atomic E-state index is 12.5. The quantitative estimate of drug-likeness (QED) is 0.817. The Labute approximate surface area is 170 Å². The first kappa shape index (κ1) is 19.0. The minimum absolute atomic E-state index is 0.123. The molecule has 29 heavy (non-hydrogen) atoms. The molecule has 1 aliphatic heterocycles. The summed E-state index contributed by atoms with van der Waals surface area (Å²) in [5.41, 5.74) is 3.00. The van der Waals surface area contributed by atoms with Crippen molar-refractivity contribution in [3.8, 4) is 6.07 Å². The van der Waals surface area contributed by atoms with Crippen molar-refractivity contribution in [2.75, 3.05) is 28.6 Å². The number of rotatable bonds is 5. The van der Waals surface area contributed by atoms with Crippen LogP contribution in [0.4, 0.5) is 17.1 Å². The normalized spacial score (nSPS) is 20.4. The Bertz CT molecular complexity index is 942.